The van der Waals surface area contributed by atoms with Crippen molar-refractivity contribution in [2.45, 2.75) is 12.8 Å². The monoisotopic (exact) mass is 588 g/mol. The molecule has 4 atom stereocenters. The van der Waals surface area contributed by atoms with Crippen LogP contribution < -0.4 is 10.4 Å². The SMILES string of the molecule is C1=CC2C=C(c3ccc(C4=c5ccccc5=C(c5ccc(-c6ccc7ccccc7c6)cc5)C5C=CC=CC45)cc3)CCC2C=C1. The van der Waals surface area contributed by atoms with Gasteiger partial charge < -0.3 is 0 Å². The number of benzene rings is 5. The number of hydrogen-bond donors (Lipinski definition) is 0. The molecular weight excluding hydrogens is 553 g/mol. The van der Waals surface area contributed by atoms with Gasteiger partial charge in [0.1, 0.15) is 0 Å². The zero-order valence-corrected chi connectivity index (χ0v) is 25.9. The van der Waals surface area contributed by atoms with E-state index in [1.54, 1.807) is 0 Å². The summed E-state index contributed by atoms with van der Waals surface area (Å²) >= 11 is 0. The number of allylic oxidation sites excluding steroid dienone is 10. The van der Waals surface area contributed by atoms with Crippen LogP contribution in [0.3, 0.4) is 0 Å². The van der Waals surface area contributed by atoms with Crippen LogP contribution in [0.5, 0.6) is 0 Å². The molecule has 0 aromatic heterocycles. The fourth-order valence-corrected chi connectivity index (χ4v) is 8.26. The maximum absolute atomic E-state index is 2.50. The normalized spacial score (nSPS) is 22.7. The Morgan fingerprint density at radius 2 is 0.978 bits per heavy atom. The molecule has 5 aromatic rings. The van der Waals surface area contributed by atoms with E-state index in [0.29, 0.717) is 11.8 Å². The molecular formula is C46H36. The van der Waals surface area contributed by atoms with Crippen molar-refractivity contribution in [3.63, 3.8) is 0 Å². The molecule has 0 amide bonds. The summed E-state index contributed by atoms with van der Waals surface area (Å²) in [6.07, 6.45) is 23.3. The van der Waals surface area contributed by atoms with E-state index in [0.717, 1.165) is 6.42 Å². The molecule has 0 N–H and O–H groups in total. The van der Waals surface area contributed by atoms with Crippen LogP contribution in [0.1, 0.15) is 29.5 Å². The van der Waals surface area contributed by atoms with Crippen LogP contribution >= 0.6 is 0 Å². The van der Waals surface area contributed by atoms with Crippen molar-refractivity contribution in [1.82, 2.24) is 0 Å². The second-order valence-corrected chi connectivity index (χ2v) is 13.2. The first-order chi connectivity index (χ1) is 22.8. The molecule has 46 heavy (non-hydrogen) atoms. The number of hydrogen-bond acceptors (Lipinski definition) is 0. The minimum absolute atomic E-state index is 0.283. The predicted octanol–water partition coefficient (Wildman–Crippen LogP) is 9.81. The Bertz CT molecular complexity index is 2250. The van der Waals surface area contributed by atoms with Gasteiger partial charge in [0.25, 0.3) is 0 Å². The molecule has 0 nitrogen and oxygen atoms in total. The third-order valence-electron chi connectivity index (χ3n) is 10.6. The van der Waals surface area contributed by atoms with Gasteiger partial charge in [-0.3, -0.25) is 0 Å². The third kappa shape index (κ3) is 4.68. The second-order valence-electron chi connectivity index (χ2n) is 13.2. The molecule has 4 aliphatic rings. The minimum atomic E-state index is 0.283. The molecule has 0 heterocycles. The lowest BCUT2D eigenvalue weighted by Gasteiger charge is -2.33. The van der Waals surface area contributed by atoms with E-state index in [-0.39, 0.29) is 11.8 Å². The van der Waals surface area contributed by atoms with Crippen molar-refractivity contribution in [2.75, 3.05) is 0 Å². The van der Waals surface area contributed by atoms with Crippen LogP contribution in [0.4, 0.5) is 0 Å². The molecule has 220 valence electrons. The van der Waals surface area contributed by atoms with Crippen molar-refractivity contribution in [3.05, 3.63) is 197 Å². The minimum Gasteiger partial charge on any atom is -0.0805 e. The Labute approximate surface area is 271 Å². The summed E-state index contributed by atoms with van der Waals surface area (Å²) < 4.78 is 0. The molecule has 9 rings (SSSR count). The first-order valence-electron chi connectivity index (χ1n) is 16.7. The van der Waals surface area contributed by atoms with Gasteiger partial charge in [-0.2, -0.15) is 0 Å². The Morgan fingerprint density at radius 3 is 1.67 bits per heavy atom. The highest BCUT2D eigenvalue weighted by Gasteiger charge is 2.32. The standard InChI is InChI=1S/C46H36/c1-3-11-37-29-39(27-21-31(37)9-1)33-17-23-35(24-18-33)45-41-13-5-7-15-43(41)46(44-16-8-6-14-42(44)45)36-25-19-34(20-26-36)40-28-22-32-10-2-4-12-38(32)30-40/h1-21,23-27,29-30,32,38,41,43H,22,28H2. The number of rotatable bonds is 4. The average Bonchev–Trinajstić information content (AvgIpc) is 3.13. The highest BCUT2D eigenvalue weighted by molar-refractivity contribution is 5.88. The van der Waals surface area contributed by atoms with E-state index in [9.17, 15) is 0 Å². The molecule has 0 radical (unpaired) electrons. The van der Waals surface area contributed by atoms with Crippen molar-refractivity contribution in [3.8, 4) is 11.1 Å². The largest absolute Gasteiger partial charge is 0.0805 e. The molecule has 4 unspecified atom stereocenters. The topological polar surface area (TPSA) is 0 Å². The molecule has 0 aliphatic heterocycles. The van der Waals surface area contributed by atoms with Crippen LogP contribution in [-0.2, 0) is 0 Å². The average molecular weight is 589 g/mol. The smallest absolute Gasteiger partial charge is 0.0137 e. The molecule has 0 fully saturated rings. The van der Waals surface area contributed by atoms with Gasteiger partial charge in [-0.05, 0) is 90.6 Å². The fraction of sp³-hybridized carbons (Fsp3) is 0.130. The Kier molecular flexibility index (Phi) is 6.67. The van der Waals surface area contributed by atoms with Gasteiger partial charge in [0.2, 0.25) is 0 Å². The summed E-state index contributed by atoms with van der Waals surface area (Å²) in [7, 11) is 0. The van der Waals surface area contributed by atoms with E-state index in [1.807, 2.05) is 0 Å². The Hall–Kier alpha value is -5.20. The van der Waals surface area contributed by atoms with Crippen LogP contribution in [0.2, 0.25) is 0 Å². The van der Waals surface area contributed by atoms with Crippen LogP contribution in [0.15, 0.2) is 170 Å². The summed E-state index contributed by atoms with van der Waals surface area (Å²) in [6, 6.07) is 43.1. The van der Waals surface area contributed by atoms with Gasteiger partial charge in [0, 0.05) is 17.8 Å². The van der Waals surface area contributed by atoms with E-state index in [2.05, 4.69) is 170 Å². The molecule has 0 saturated carbocycles. The highest BCUT2D eigenvalue weighted by Crippen LogP contribution is 2.42. The van der Waals surface area contributed by atoms with Crippen LogP contribution in [0, 0.1) is 23.7 Å². The Morgan fingerprint density at radius 1 is 0.435 bits per heavy atom. The van der Waals surface area contributed by atoms with Crippen LogP contribution in [-0.4, -0.2) is 0 Å². The van der Waals surface area contributed by atoms with E-state index in [1.165, 1.54) is 72.2 Å². The van der Waals surface area contributed by atoms with Gasteiger partial charge in [-0.15, -0.1) is 0 Å². The third-order valence-corrected chi connectivity index (χ3v) is 10.6. The quantitative estimate of drug-likeness (QED) is 0.196. The van der Waals surface area contributed by atoms with Crippen molar-refractivity contribution < 1.29 is 0 Å². The lowest BCUT2D eigenvalue weighted by atomic mass is 9.70. The summed E-state index contributed by atoms with van der Waals surface area (Å²) in [5, 5.41) is 5.25. The molecule has 5 aromatic carbocycles. The maximum Gasteiger partial charge on any atom is 0.0137 e. The van der Waals surface area contributed by atoms with Crippen molar-refractivity contribution in [1.29, 1.82) is 0 Å². The fourth-order valence-electron chi connectivity index (χ4n) is 8.26. The Balaban J connectivity index is 1.13. The summed E-state index contributed by atoms with van der Waals surface area (Å²) in [5.74, 6) is 1.76. The lowest BCUT2D eigenvalue weighted by Crippen LogP contribution is -2.40. The first-order valence-corrected chi connectivity index (χ1v) is 16.7. The van der Waals surface area contributed by atoms with E-state index < -0.39 is 0 Å². The summed E-state index contributed by atoms with van der Waals surface area (Å²) in [4.78, 5) is 0. The molecule has 0 saturated heterocycles. The van der Waals surface area contributed by atoms with Gasteiger partial charge >= 0.3 is 0 Å². The van der Waals surface area contributed by atoms with Crippen molar-refractivity contribution in [2.24, 2.45) is 23.7 Å². The van der Waals surface area contributed by atoms with Gasteiger partial charge in [0.05, 0.1) is 0 Å². The molecule has 0 spiro atoms. The van der Waals surface area contributed by atoms with E-state index in [4.69, 9.17) is 0 Å². The number of fused-ring (bicyclic) bond motifs is 4. The zero-order chi connectivity index (χ0) is 30.5. The summed E-state index contributed by atoms with van der Waals surface area (Å²) in [5.41, 5.74) is 10.8. The predicted molar refractivity (Wildman–Crippen MR) is 194 cm³/mol. The zero-order valence-electron chi connectivity index (χ0n) is 25.9. The molecule has 0 heteroatoms. The maximum atomic E-state index is 2.50. The van der Waals surface area contributed by atoms with Gasteiger partial charge in [-0.25, -0.2) is 0 Å². The first kappa shape index (κ1) is 27.1. The highest BCUT2D eigenvalue weighted by atomic mass is 14.3. The van der Waals surface area contributed by atoms with Gasteiger partial charge in [-0.1, -0.05) is 164 Å². The lowest BCUT2D eigenvalue weighted by molar-refractivity contribution is 0.498. The molecule has 4 aliphatic carbocycles. The second kappa shape index (κ2) is 11.3. The molecule has 0 bridgehead atoms. The van der Waals surface area contributed by atoms with E-state index >= 15 is 0 Å². The van der Waals surface area contributed by atoms with Crippen LogP contribution in [0.25, 0.3) is 38.6 Å². The summed E-state index contributed by atoms with van der Waals surface area (Å²) in [6.45, 7) is 0. The van der Waals surface area contributed by atoms with Gasteiger partial charge in [0.15, 0.2) is 0 Å². The van der Waals surface area contributed by atoms with Crippen molar-refractivity contribution >= 4 is 27.5 Å².